The molecule has 1 aliphatic rings. The van der Waals surface area contributed by atoms with Gasteiger partial charge in [-0.1, -0.05) is 24.3 Å². The van der Waals surface area contributed by atoms with E-state index in [1.165, 1.54) is 0 Å². The van der Waals surface area contributed by atoms with Crippen molar-refractivity contribution < 1.29 is 0 Å². The molecule has 0 unspecified atom stereocenters. The van der Waals surface area contributed by atoms with Crippen molar-refractivity contribution in [3.8, 4) is 0 Å². The molecule has 0 radical (unpaired) electrons. The van der Waals surface area contributed by atoms with E-state index in [4.69, 9.17) is 11.6 Å². The number of halogens is 1. The molecule has 1 N–H and O–H groups in total. The summed E-state index contributed by atoms with van der Waals surface area (Å²) in [6, 6.07) is 8.57. The molecule has 16 heavy (non-hydrogen) atoms. The topological polar surface area (TPSA) is 37.8 Å². The first-order chi connectivity index (χ1) is 7.83. The van der Waals surface area contributed by atoms with Crippen molar-refractivity contribution in [2.45, 2.75) is 24.3 Å². The van der Waals surface area contributed by atoms with Gasteiger partial charge >= 0.3 is 0 Å². The van der Waals surface area contributed by atoms with Crippen molar-refractivity contribution in [2.75, 3.05) is 5.32 Å². The van der Waals surface area contributed by atoms with Gasteiger partial charge in [0.25, 0.3) is 0 Å². The number of benzene rings is 1. The van der Waals surface area contributed by atoms with E-state index < -0.39 is 0 Å². The van der Waals surface area contributed by atoms with E-state index in [2.05, 4.69) is 21.6 Å². The summed E-state index contributed by atoms with van der Waals surface area (Å²) in [6.45, 7) is 0. The lowest BCUT2D eigenvalue weighted by Gasteiger charge is -2.32. The fourth-order valence-electron chi connectivity index (χ4n) is 1.99. The number of nitrogens with zero attached hydrogens (tertiary/aromatic N) is 2. The Morgan fingerprint density at radius 3 is 2.88 bits per heavy atom. The molecule has 1 aromatic carbocycles. The molecular formula is C12H12ClN3. The molecule has 0 spiro atoms. The third-order valence-electron chi connectivity index (χ3n) is 2.99. The van der Waals surface area contributed by atoms with Crippen LogP contribution < -0.4 is 5.32 Å². The van der Waals surface area contributed by atoms with Crippen LogP contribution in [0.2, 0.25) is 0 Å². The van der Waals surface area contributed by atoms with E-state index in [1.54, 1.807) is 6.20 Å². The van der Waals surface area contributed by atoms with Gasteiger partial charge in [0.15, 0.2) is 5.82 Å². The molecule has 3 nitrogen and oxygen atoms in total. The van der Waals surface area contributed by atoms with Gasteiger partial charge in [0, 0.05) is 22.2 Å². The summed E-state index contributed by atoms with van der Waals surface area (Å²) in [6.07, 6.45) is 3.80. The van der Waals surface area contributed by atoms with Gasteiger partial charge < -0.3 is 5.32 Å². The normalized spacial score (nSPS) is 24.1. The fourth-order valence-corrected chi connectivity index (χ4v) is 2.42. The van der Waals surface area contributed by atoms with Crippen LogP contribution in [0.3, 0.4) is 0 Å². The Labute approximate surface area is 98.8 Å². The zero-order valence-electron chi connectivity index (χ0n) is 8.73. The van der Waals surface area contributed by atoms with Crippen molar-refractivity contribution in [2.24, 2.45) is 0 Å². The van der Waals surface area contributed by atoms with Crippen LogP contribution in [0.4, 0.5) is 5.82 Å². The smallest absolute Gasteiger partial charge is 0.156 e. The maximum absolute atomic E-state index is 5.95. The number of fused-ring (bicyclic) bond motifs is 1. The first-order valence-electron chi connectivity index (χ1n) is 5.44. The molecule has 1 fully saturated rings. The summed E-state index contributed by atoms with van der Waals surface area (Å²) in [7, 11) is 0. The van der Waals surface area contributed by atoms with E-state index in [9.17, 15) is 0 Å². The monoisotopic (exact) mass is 233 g/mol. The molecule has 1 heterocycles. The predicted molar refractivity (Wildman–Crippen MR) is 65.8 cm³/mol. The molecule has 2 aromatic rings. The Bertz CT molecular complexity index is 503. The van der Waals surface area contributed by atoms with E-state index in [-0.39, 0.29) is 0 Å². The molecule has 4 heteroatoms. The second-order valence-electron chi connectivity index (χ2n) is 4.19. The second-order valence-corrected chi connectivity index (χ2v) is 4.81. The van der Waals surface area contributed by atoms with E-state index in [0.717, 1.165) is 29.4 Å². The van der Waals surface area contributed by atoms with Crippen LogP contribution in [-0.4, -0.2) is 21.6 Å². The summed E-state index contributed by atoms with van der Waals surface area (Å²) < 4.78 is 0. The SMILES string of the molecule is ClC1CC(Nc2nncc3ccccc23)C1. The fraction of sp³-hybridized carbons (Fsp3) is 0.333. The largest absolute Gasteiger partial charge is 0.365 e. The third kappa shape index (κ3) is 1.71. The Kier molecular flexibility index (Phi) is 2.40. The summed E-state index contributed by atoms with van der Waals surface area (Å²) in [5, 5.41) is 14.1. The van der Waals surface area contributed by atoms with E-state index >= 15 is 0 Å². The molecule has 1 saturated carbocycles. The van der Waals surface area contributed by atoms with Crippen LogP contribution in [0.15, 0.2) is 30.5 Å². The molecule has 0 aliphatic heterocycles. The molecular weight excluding hydrogens is 222 g/mol. The first kappa shape index (κ1) is 9.85. The van der Waals surface area contributed by atoms with Crippen LogP contribution in [0.1, 0.15) is 12.8 Å². The molecule has 0 atom stereocenters. The van der Waals surface area contributed by atoms with Crippen molar-refractivity contribution >= 4 is 28.2 Å². The summed E-state index contributed by atoms with van der Waals surface area (Å²) in [5.74, 6) is 0.867. The van der Waals surface area contributed by atoms with Gasteiger partial charge in [0.2, 0.25) is 0 Å². The minimum Gasteiger partial charge on any atom is -0.365 e. The number of hydrogen-bond donors (Lipinski definition) is 1. The van der Waals surface area contributed by atoms with Gasteiger partial charge in [-0.3, -0.25) is 0 Å². The van der Waals surface area contributed by atoms with Crippen LogP contribution in [0.25, 0.3) is 10.8 Å². The van der Waals surface area contributed by atoms with Crippen molar-refractivity contribution in [3.05, 3.63) is 30.5 Å². The van der Waals surface area contributed by atoms with Crippen molar-refractivity contribution in [1.29, 1.82) is 0 Å². The number of rotatable bonds is 2. The molecule has 82 valence electrons. The lowest BCUT2D eigenvalue weighted by atomic mass is 9.92. The van der Waals surface area contributed by atoms with E-state index in [1.807, 2.05) is 18.2 Å². The van der Waals surface area contributed by atoms with Gasteiger partial charge in [-0.2, -0.15) is 5.10 Å². The van der Waals surface area contributed by atoms with Crippen LogP contribution in [-0.2, 0) is 0 Å². The number of hydrogen-bond acceptors (Lipinski definition) is 3. The van der Waals surface area contributed by atoms with Gasteiger partial charge in [0.1, 0.15) is 0 Å². The molecule has 1 aromatic heterocycles. The standard InChI is InChI=1S/C12H12ClN3/c13-9-5-10(6-9)15-12-11-4-2-1-3-8(11)7-14-16-12/h1-4,7,9-10H,5-6H2,(H,15,16). The lowest BCUT2D eigenvalue weighted by Crippen LogP contribution is -2.36. The number of aromatic nitrogens is 2. The van der Waals surface area contributed by atoms with Crippen molar-refractivity contribution in [1.82, 2.24) is 10.2 Å². The Balaban J connectivity index is 1.91. The van der Waals surface area contributed by atoms with Gasteiger partial charge in [-0.25, -0.2) is 0 Å². The van der Waals surface area contributed by atoms with Crippen molar-refractivity contribution in [3.63, 3.8) is 0 Å². The van der Waals surface area contributed by atoms with Gasteiger partial charge in [-0.05, 0) is 12.8 Å². The highest BCUT2D eigenvalue weighted by Gasteiger charge is 2.27. The highest BCUT2D eigenvalue weighted by atomic mass is 35.5. The van der Waals surface area contributed by atoms with Crippen LogP contribution >= 0.6 is 11.6 Å². The number of anilines is 1. The van der Waals surface area contributed by atoms with Gasteiger partial charge in [0.05, 0.1) is 6.20 Å². The maximum atomic E-state index is 5.95. The minimum atomic E-state index is 0.320. The first-order valence-corrected chi connectivity index (χ1v) is 5.87. The van der Waals surface area contributed by atoms with Crippen LogP contribution in [0, 0.1) is 0 Å². The van der Waals surface area contributed by atoms with E-state index in [0.29, 0.717) is 11.4 Å². The zero-order chi connectivity index (χ0) is 11.0. The minimum absolute atomic E-state index is 0.320. The molecule has 0 bridgehead atoms. The Morgan fingerprint density at radius 2 is 2.06 bits per heavy atom. The number of alkyl halides is 1. The average molecular weight is 234 g/mol. The average Bonchev–Trinajstić information content (AvgIpc) is 2.27. The lowest BCUT2D eigenvalue weighted by molar-refractivity contribution is 0.453. The predicted octanol–water partition coefficient (Wildman–Crippen LogP) is 2.81. The Morgan fingerprint density at radius 1 is 1.25 bits per heavy atom. The highest BCUT2D eigenvalue weighted by Crippen LogP contribution is 2.29. The highest BCUT2D eigenvalue weighted by molar-refractivity contribution is 6.21. The zero-order valence-corrected chi connectivity index (χ0v) is 9.48. The second kappa shape index (κ2) is 3.91. The van der Waals surface area contributed by atoms with Gasteiger partial charge in [-0.15, -0.1) is 16.7 Å². The van der Waals surface area contributed by atoms with Crippen LogP contribution in [0.5, 0.6) is 0 Å². The summed E-state index contributed by atoms with van der Waals surface area (Å²) in [4.78, 5) is 0. The molecule has 1 aliphatic carbocycles. The molecule has 0 saturated heterocycles. The third-order valence-corrected chi connectivity index (χ3v) is 3.35. The molecule has 0 amide bonds. The Hall–Kier alpha value is -1.35. The summed E-state index contributed by atoms with van der Waals surface area (Å²) in [5.41, 5.74) is 0. The number of nitrogens with one attached hydrogen (secondary N) is 1. The quantitative estimate of drug-likeness (QED) is 0.811. The maximum Gasteiger partial charge on any atom is 0.156 e. The summed E-state index contributed by atoms with van der Waals surface area (Å²) >= 11 is 5.95. The molecule has 3 rings (SSSR count).